The minimum absolute atomic E-state index is 0.179. The molecule has 1 atom stereocenters. The molecular formula is C23H36N4O2. The zero-order valence-electron chi connectivity index (χ0n) is 18.1. The summed E-state index contributed by atoms with van der Waals surface area (Å²) in [4.78, 5) is 19.1. The summed E-state index contributed by atoms with van der Waals surface area (Å²) < 4.78 is 5.69. The summed E-state index contributed by atoms with van der Waals surface area (Å²) in [6.45, 7) is 6.37. The summed E-state index contributed by atoms with van der Waals surface area (Å²) >= 11 is 0. The zero-order valence-corrected chi connectivity index (χ0v) is 18.1. The molecule has 1 aliphatic heterocycles. The summed E-state index contributed by atoms with van der Waals surface area (Å²) in [6.07, 6.45) is 6.97. The first-order chi connectivity index (χ1) is 14.0. The summed E-state index contributed by atoms with van der Waals surface area (Å²) in [5, 5.41) is 6.86. The van der Waals surface area contributed by atoms with Gasteiger partial charge in [-0.25, -0.2) is 0 Å². The van der Waals surface area contributed by atoms with E-state index in [2.05, 4.69) is 27.8 Å². The van der Waals surface area contributed by atoms with Gasteiger partial charge in [-0.3, -0.25) is 9.79 Å². The van der Waals surface area contributed by atoms with Gasteiger partial charge in [0.1, 0.15) is 5.75 Å². The maximum atomic E-state index is 12.7. The Hall–Kier alpha value is -2.24. The second kappa shape index (κ2) is 10.5. The number of aliphatic imine (C=N–C) groups is 1. The van der Waals surface area contributed by atoms with Gasteiger partial charge in [-0.2, -0.15) is 0 Å². The number of carbonyl (C=O) groups is 1. The van der Waals surface area contributed by atoms with Gasteiger partial charge in [0.2, 0.25) is 5.91 Å². The Labute approximate surface area is 175 Å². The number of nitrogens with one attached hydrogen (secondary N) is 2. The molecule has 1 aromatic carbocycles. The van der Waals surface area contributed by atoms with Crippen LogP contribution < -0.4 is 15.4 Å². The number of rotatable bonds is 6. The molecule has 6 heteroatoms. The van der Waals surface area contributed by atoms with Crippen molar-refractivity contribution in [2.75, 3.05) is 20.1 Å². The van der Waals surface area contributed by atoms with Crippen LogP contribution in [0.5, 0.6) is 5.75 Å². The lowest BCUT2D eigenvalue weighted by molar-refractivity contribution is -0.135. The van der Waals surface area contributed by atoms with Crippen LogP contribution in [0.15, 0.2) is 29.3 Å². The van der Waals surface area contributed by atoms with E-state index in [1.807, 2.05) is 30.9 Å². The smallest absolute Gasteiger partial charge is 0.225 e. The van der Waals surface area contributed by atoms with Crippen molar-refractivity contribution in [1.29, 1.82) is 0 Å². The Morgan fingerprint density at radius 3 is 2.55 bits per heavy atom. The van der Waals surface area contributed by atoms with Crippen molar-refractivity contribution in [3.8, 4) is 5.75 Å². The van der Waals surface area contributed by atoms with Crippen molar-refractivity contribution in [3.05, 3.63) is 29.8 Å². The quantitative estimate of drug-likeness (QED) is 0.568. The Bertz CT molecular complexity index is 681. The van der Waals surface area contributed by atoms with Gasteiger partial charge in [0, 0.05) is 38.6 Å². The molecule has 2 fully saturated rings. The maximum Gasteiger partial charge on any atom is 0.225 e. The number of benzene rings is 1. The number of ether oxygens (including phenoxy) is 1. The van der Waals surface area contributed by atoms with Crippen LogP contribution in [0.2, 0.25) is 0 Å². The van der Waals surface area contributed by atoms with Gasteiger partial charge >= 0.3 is 0 Å². The maximum absolute atomic E-state index is 12.7. The average molecular weight is 401 g/mol. The number of amides is 1. The molecule has 0 aromatic heterocycles. The van der Waals surface area contributed by atoms with Crippen LogP contribution in [0.1, 0.15) is 57.9 Å². The number of hydrogen-bond donors (Lipinski definition) is 2. The molecule has 160 valence electrons. The molecule has 29 heavy (non-hydrogen) atoms. The van der Waals surface area contributed by atoms with Crippen LogP contribution in [0.25, 0.3) is 0 Å². The van der Waals surface area contributed by atoms with Gasteiger partial charge in [-0.1, -0.05) is 31.4 Å². The van der Waals surface area contributed by atoms with Crippen LogP contribution >= 0.6 is 0 Å². The van der Waals surface area contributed by atoms with E-state index in [0.29, 0.717) is 12.5 Å². The third-order valence-corrected chi connectivity index (χ3v) is 5.77. The van der Waals surface area contributed by atoms with Crippen LogP contribution in [0, 0.1) is 5.92 Å². The second-order valence-electron chi connectivity index (χ2n) is 8.49. The molecule has 1 saturated heterocycles. The fraction of sp³-hybridized carbons (Fsp3) is 0.652. The first-order valence-electron chi connectivity index (χ1n) is 11.1. The van der Waals surface area contributed by atoms with Gasteiger partial charge < -0.3 is 20.3 Å². The number of hydrogen-bond acceptors (Lipinski definition) is 3. The van der Waals surface area contributed by atoms with E-state index in [1.54, 1.807) is 7.05 Å². The van der Waals surface area contributed by atoms with E-state index in [-0.39, 0.29) is 18.1 Å². The van der Waals surface area contributed by atoms with Crippen molar-refractivity contribution >= 4 is 11.9 Å². The molecule has 2 N–H and O–H groups in total. The highest BCUT2D eigenvalue weighted by atomic mass is 16.5. The predicted molar refractivity (Wildman–Crippen MR) is 117 cm³/mol. The van der Waals surface area contributed by atoms with Crippen LogP contribution in [0.3, 0.4) is 0 Å². The van der Waals surface area contributed by atoms with Crippen molar-refractivity contribution in [1.82, 2.24) is 15.5 Å². The van der Waals surface area contributed by atoms with Crippen molar-refractivity contribution in [2.45, 2.75) is 71.1 Å². The molecule has 2 aliphatic rings. The minimum atomic E-state index is 0.179. The van der Waals surface area contributed by atoms with E-state index < -0.39 is 0 Å². The van der Waals surface area contributed by atoms with Gasteiger partial charge in [-0.05, 0) is 50.8 Å². The van der Waals surface area contributed by atoms with Gasteiger partial charge in [-0.15, -0.1) is 0 Å². The zero-order chi connectivity index (χ0) is 20.6. The highest BCUT2D eigenvalue weighted by Crippen LogP contribution is 2.26. The van der Waals surface area contributed by atoms with Crippen LogP contribution in [0.4, 0.5) is 0 Å². The molecule has 1 aromatic rings. The molecule has 0 bridgehead atoms. The van der Waals surface area contributed by atoms with Crippen molar-refractivity contribution in [2.24, 2.45) is 10.9 Å². The van der Waals surface area contributed by atoms with Crippen molar-refractivity contribution in [3.63, 3.8) is 0 Å². The third kappa shape index (κ3) is 6.38. The lowest BCUT2D eigenvalue weighted by Gasteiger charge is -2.26. The number of carbonyl (C=O) groups excluding carboxylic acids is 1. The normalized spacial score (nSPS) is 20.8. The largest absolute Gasteiger partial charge is 0.491 e. The van der Waals surface area contributed by atoms with E-state index >= 15 is 0 Å². The third-order valence-electron chi connectivity index (χ3n) is 5.77. The molecule has 6 nitrogen and oxygen atoms in total. The topological polar surface area (TPSA) is 66.0 Å². The minimum Gasteiger partial charge on any atom is -0.491 e. The van der Waals surface area contributed by atoms with E-state index in [4.69, 9.17) is 4.74 Å². The first kappa shape index (κ1) is 21.5. The Balaban J connectivity index is 1.43. The molecular weight excluding hydrogens is 364 g/mol. The molecule has 0 spiro atoms. The number of guanidine groups is 1. The summed E-state index contributed by atoms with van der Waals surface area (Å²) in [5.41, 5.74) is 1.17. The van der Waals surface area contributed by atoms with E-state index in [1.165, 1.54) is 24.8 Å². The fourth-order valence-corrected chi connectivity index (χ4v) is 4.22. The molecule has 1 aliphatic carbocycles. The lowest BCUT2D eigenvalue weighted by Crippen LogP contribution is -2.45. The molecule has 1 unspecified atom stereocenters. The predicted octanol–water partition coefficient (Wildman–Crippen LogP) is 3.32. The number of nitrogens with zero attached hydrogens (tertiary/aromatic N) is 2. The highest BCUT2D eigenvalue weighted by molar-refractivity contribution is 5.81. The standard InChI is InChI=1S/C23H36N4O2/c1-17(2)29-21-11-9-18(10-12-21)15-25-23(24-3)26-20-13-14-27(16-20)22(28)19-7-5-4-6-8-19/h9-12,17,19-20H,4-8,13-16H2,1-3H3,(H2,24,25,26). The molecule has 3 rings (SSSR count). The average Bonchev–Trinajstić information content (AvgIpc) is 3.20. The summed E-state index contributed by atoms with van der Waals surface area (Å²) in [6, 6.07) is 8.39. The monoisotopic (exact) mass is 400 g/mol. The van der Waals surface area contributed by atoms with Crippen LogP contribution in [-0.2, 0) is 11.3 Å². The van der Waals surface area contributed by atoms with Crippen LogP contribution in [-0.4, -0.2) is 49.0 Å². The Morgan fingerprint density at radius 2 is 1.90 bits per heavy atom. The van der Waals surface area contributed by atoms with Gasteiger partial charge in [0.05, 0.1) is 6.10 Å². The fourth-order valence-electron chi connectivity index (χ4n) is 4.22. The second-order valence-corrected chi connectivity index (χ2v) is 8.49. The SMILES string of the molecule is CN=C(NCc1ccc(OC(C)C)cc1)NC1CCN(C(=O)C2CCCCC2)C1. The summed E-state index contributed by atoms with van der Waals surface area (Å²) in [5.74, 6) is 2.28. The number of likely N-dealkylation sites (tertiary alicyclic amines) is 1. The highest BCUT2D eigenvalue weighted by Gasteiger charge is 2.31. The van der Waals surface area contributed by atoms with Crippen molar-refractivity contribution < 1.29 is 9.53 Å². The van der Waals surface area contributed by atoms with Gasteiger partial charge in [0.15, 0.2) is 5.96 Å². The summed E-state index contributed by atoms with van der Waals surface area (Å²) in [7, 11) is 1.79. The lowest BCUT2D eigenvalue weighted by atomic mass is 9.88. The van der Waals surface area contributed by atoms with E-state index in [0.717, 1.165) is 44.1 Å². The molecule has 0 radical (unpaired) electrons. The molecule has 1 heterocycles. The van der Waals surface area contributed by atoms with E-state index in [9.17, 15) is 4.79 Å². The molecule has 1 amide bonds. The Morgan fingerprint density at radius 1 is 1.17 bits per heavy atom. The van der Waals surface area contributed by atoms with Gasteiger partial charge in [0.25, 0.3) is 0 Å². The molecule has 1 saturated carbocycles. The Kier molecular flexibility index (Phi) is 7.78. The first-order valence-corrected chi connectivity index (χ1v) is 11.1.